The van der Waals surface area contributed by atoms with Crippen LogP contribution in [0.25, 0.3) is 0 Å². The Morgan fingerprint density at radius 3 is 2.81 bits per heavy atom. The van der Waals surface area contributed by atoms with Gasteiger partial charge in [-0.3, -0.25) is 19.7 Å². The van der Waals surface area contributed by atoms with Gasteiger partial charge in [0.15, 0.2) is 0 Å². The lowest BCUT2D eigenvalue weighted by Gasteiger charge is -2.52. The first kappa shape index (κ1) is 17.3. The van der Waals surface area contributed by atoms with Gasteiger partial charge in [0.25, 0.3) is 5.91 Å². The number of thioether (sulfide) groups is 1. The first-order valence-electron chi connectivity index (χ1n) is 9.64. The summed E-state index contributed by atoms with van der Waals surface area (Å²) < 4.78 is 0. The Morgan fingerprint density at radius 1 is 1.22 bits per heavy atom. The highest BCUT2D eigenvalue weighted by molar-refractivity contribution is 7.99. The van der Waals surface area contributed by atoms with Crippen molar-refractivity contribution in [2.75, 3.05) is 18.8 Å². The van der Waals surface area contributed by atoms with Gasteiger partial charge in [-0.05, 0) is 60.9 Å². The Kier molecular flexibility index (Phi) is 4.05. The van der Waals surface area contributed by atoms with Crippen LogP contribution < -0.4 is 10.6 Å². The first-order chi connectivity index (χ1) is 13.0. The molecule has 142 valence electrons. The Labute approximate surface area is 162 Å². The summed E-state index contributed by atoms with van der Waals surface area (Å²) >= 11 is 1.87. The number of amides is 3. The minimum absolute atomic E-state index is 0.104. The van der Waals surface area contributed by atoms with Gasteiger partial charge in [0.1, 0.15) is 6.04 Å². The van der Waals surface area contributed by atoms with Crippen LogP contribution in [0.15, 0.2) is 23.1 Å². The molecule has 3 saturated heterocycles. The average Bonchev–Trinajstić information content (AvgIpc) is 2.96. The van der Waals surface area contributed by atoms with E-state index in [1.165, 1.54) is 24.3 Å². The molecular weight excluding hydrogens is 362 g/mol. The van der Waals surface area contributed by atoms with E-state index in [-0.39, 0.29) is 24.1 Å². The highest BCUT2D eigenvalue weighted by Gasteiger charge is 2.46. The summed E-state index contributed by atoms with van der Waals surface area (Å²) in [6.45, 7) is 2.73. The molecule has 4 fully saturated rings. The lowest BCUT2D eigenvalue weighted by molar-refractivity contribution is -0.136. The minimum atomic E-state index is -0.544. The van der Waals surface area contributed by atoms with Crippen molar-refractivity contribution < 1.29 is 14.4 Å². The summed E-state index contributed by atoms with van der Waals surface area (Å²) in [5.41, 5.74) is 2.12. The number of carbonyl (C=O) groups is 3. The van der Waals surface area contributed by atoms with E-state index in [9.17, 15) is 14.4 Å². The molecule has 1 unspecified atom stereocenters. The molecule has 3 amide bonds. The molecule has 4 aliphatic heterocycles. The molecule has 0 radical (unpaired) electrons. The molecule has 2 bridgehead atoms. The molecule has 27 heavy (non-hydrogen) atoms. The molecule has 6 rings (SSSR count). The molecule has 1 aliphatic carbocycles. The molecule has 5 aliphatic rings. The monoisotopic (exact) mass is 385 g/mol. The zero-order chi connectivity index (χ0) is 18.6. The van der Waals surface area contributed by atoms with Gasteiger partial charge in [-0.15, -0.1) is 11.8 Å². The Morgan fingerprint density at radius 2 is 2.07 bits per heavy atom. The second-order valence-corrected chi connectivity index (χ2v) is 9.46. The number of nitrogens with one attached hydrogen (secondary N) is 2. The Bertz CT molecular complexity index is 828. The smallest absolute Gasteiger partial charge is 0.255 e. The highest BCUT2D eigenvalue weighted by atomic mass is 32.2. The highest BCUT2D eigenvalue weighted by Crippen LogP contribution is 2.50. The minimum Gasteiger partial charge on any atom is -0.322 e. The maximum Gasteiger partial charge on any atom is 0.255 e. The van der Waals surface area contributed by atoms with E-state index in [2.05, 4.69) is 16.7 Å². The third-order valence-electron chi connectivity index (χ3n) is 6.42. The number of carbonyl (C=O) groups excluding carboxylic acids is 3. The normalized spacial score (nSPS) is 32.1. The van der Waals surface area contributed by atoms with E-state index in [1.54, 1.807) is 4.90 Å². The SMILES string of the molecule is O=C1CCC(N2Cc3cc(SCC45CNCC(C4)C5)ccc3C2=O)C(=O)N1. The molecule has 1 aromatic carbocycles. The molecule has 4 heterocycles. The lowest BCUT2D eigenvalue weighted by Crippen LogP contribution is -2.55. The van der Waals surface area contributed by atoms with Crippen LogP contribution in [0.4, 0.5) is 0 Å². The molecule has 1 saturated carbocycles. The van der Waals surface area contributed by atoms with Crippen molar-refractivity contribution in [3.63, 3.8) is 0 Å². The largest absolute Gasteiger partial charge is 0.322 e. The average molecular weight is 385 g/mol. The molecular formula is C20H23N3O3S. The van der Waals surface area contributed by atoms with E-state index in [0.717, 1.165) is 23.8 Å². The van der Waals surface area contributed by atoms with Crippen LogP contribution in [-0.2, 0) is 16.1 Å². The number of benzene rings is 1. The van der Waals surface area contributed by atoms with E-state index in [1.807, 2.05) is 23.9 Å². The summed E-state index contributed by atoms with van der Waals surface area (Å²) in [6, 6.07) is 5.48. The number of nitrogens with zero attached hydrogens (tertiary/aromatic N) is 1. The van der Waals surface area contributed by atoms with Crippen molar-refractivity contribution >= 4 is 29.5 Å². The zero-order valence-electron chi connectivity index (χ0n) is 15.1. The quantitative estimate of drug-likeness (QED) is 0.607. The van der Waals surface area contributed by atoms with Gasteiger partial charge >= 0.3 is 0 Å². The fourth-order valence-corrected chi connectivity index (χ4v) is 6.24. The second kappa shape index (κ2) is 6.34. The molecule has 1 atom stereocenters. The number of hydrogen-bond acceptors (Lipinski definition) is 5. The van der Waals surface area contributed by atoms with Crippen LogP contribution >= 0.6 is 11.8 Å². The van der Waals surface area contributed by atoms with Gasteiger partial charge in [-0.2, -0.15) is 0 Å². The zero-order valence-corrected chi connectivity index (χ0v) is 15.9. The van der Waals surface area contributed by atoms with E-state index < -0.39 is 6.04 Å². The van der Waals surface area contributed by atoms with Crippen LogP contribution in [-0.4, -0.2) is 47.5 Å². The predicted octanol–water partition coefficient (Wildman–Crippen LogP) is 1.54. The van der Waals surface area contributed by atoms with Crippen molar-refractivity contribution in [1.29, 1.82) is 0 Å². The van der Waals surface area contributed by atoms with E-state index in [0.29, 0.717) is 23.9 Å². The summed E-state index contributed by atoms with van der Waals surface area (Å²) in [5.74, 6) is 1.26. The van der Waals surface area contributed by atoms with Crippen LogP contribution in [0.2, 0.25) is 0 Å². The second-order valence-electron chi connectivity index (χ2n) is 8.41. The van der Waals surface area contributed by atoms with Gasteiger partial charge in [0.05, 0.1) is 0 Å². The maximum atomic E-state index is 12.7. The molecule has 0 spiro atoms. The van der Waals surface area contributed by atoms with Crippen molar-refractivity contribution in [2.45, 2.75) is 43.2 Å². The number of fused-ring (bicyclic) bond motifs is 3. The van der Waals surface area contributed by atoms with Gasteiger partial charge in [-0.1, -0.05) is 0 Å². The van der Waals surface area contributed by atoms with Crippen LogP contribution in [0.3, 0.4) is 0 Å². The Hall–Kier alpha value is -1.86. The van der Waals surface area contributed by atoms with Gasteiger partial charge < -0.3 is 10.2 Å². The molecule has 0 aromatic heterocycles. The fraction of sp³-hybridized carbons (Fsp3) is 0.550. The standard InChI is InChI=1S/C20H23N3O3S/c24-17-4-3-16(18(25)22-17)23-9-13-5-14(1-2-15(13)19(23)26)27-11-20-6-12(7-20)8-21-10-20/h1-2,5,12,16,21H,3-4,6-11H2,(H,22,24,25). The van der Waals surface area contributed by atoms with E-state index >= 15 is 0 Å². The van der Waals surface area contributed by atoms with Crippen molar-refractivity contribution in [1.82, 2.24) is 15.5 Å². The van der Waals surface area contributed by atoms with Gasteiger partial charge in [-0.25, -0.2) is 0 Å². The fourth-order valence-electron chi connectivity index (χ4n) is 5.04. The van der Waals surface area contributed by atoms with Gasteiger partial charge in [0.2, 0.25) is 11.8 Å². The van der Waals surface area contributed by atoms with Crippen molar-refractivity contribution in [3.05, 3.63) is 29.3 Å². The van der Waals surface area contributed by atoms with Crippen LogP contribution in [0.1, 0.15) is 41.6 Å². The van der Waals surface area contributed by atoms with Crippen molar-refractivity contribution in [2.24, 2.45) is 11.3 Å². The predicted molar refractivity (Wildman–Crippen MR) is 101 cm³/mol. The van der Waals surface area contributed by atoms with Crippen molar-refractivity contribution in [3.8, 4) is 0 Å². The third kappa shape index (κ3) is 2.97. The summed E-state index contributed by atoms with van der Waals surface area (Å²) in [5, 5.41) is 5.88. The van der Waals surface area contributed by atoms with Gasteiger partial charge in [0, 0.05) is 35.7 Å². The number of imide groups is 1. The summed E-state index contributed by atoms with van der Waals surface area (Å²) in [4.78, 5) is 39.0. The Balaban J connectivity index is 1.27. The summed E-state index contributed by atoms with van der Waals surface area (Å²) in [6.07, 6.45) is 3.36. The molecule has 6 nitrogen and oxygen atoms in total. The molecule has 2 N–H and O–H groups in total. The first-order valence-corrected chi connectivity index (χ1v) is 10.6. The van der Waals surface area contributed by atoms with Crippen LogP contribution in [0, 0.1) is 11.3 Å². The van der Waals surface area contributed by atoms with E-state index in [4.69, 9.17) is 0 Å². The molecule has 1 aromatic rings. The van der Waals surface area contributed by atoms with Crippen LogP contribution in [0.5, 0.6) is 0 Å². The maximum absolute atomic E-state index is 12.7. The summed E-state index contributed by atoms with van der Waals surface area (Å²) in [7, 11) is 0. The topological polar surface area (TPSA) is 78.5 Å². The number of piperidine rings is 3. The number of rotatable bonds is 4. The molecule has 7 heteroatoms. The number of hydrogen-bond donors (Lipinski definition) is 2. The lowest BCUT2D eigenvalue weighted by atomic mass is 9.60. The third-order valence-corrected chi connectivity index (χ3v) is 7.76.